The van der Waals surface area contributed by atoms with Crippen molar-refractivity contribution in [3.05, 3.63) is 0 Å². The zero-order valence-corrected chi connectivity index (χ0v) is 15.4. The van der Waals surface area contributed by atoms with Crippen molar-refractivity contribution in [2.45, 2.75) is 78.2 Å². The molecule has 3 nitrogen and oxygen atoms in total. The lowest BCUT2D eigenvalue weighted by Gasteiger charge is -2.23. The first-order valence-electron chi connectivity index (χ1n) is 8.43. The minimum absolute atomic E-state index is 0.0147. The fourth-order valence-electron chi connectivity index (χ4n) is 2.52. The van der Waals surface area contributed by atoms with Gasteiger partial charge in [0.05, 0.1) is 5.60 Å². The van der Waals surface area contributed by atoms with Gasteiger partial charge >= 0.3 is 0 Å². The van der Waals surface area contributed by atoms with E-state index >= 15 is 0 Å². The largest absolute Gasteiger partial charge is 0.379 e. The Hall–Kier alpha value is -0.570. The van der Waals surface area contributed by atoms with Gasteiger partial charge in [-0.25, -0.2) is 0 Å². The molecule has 0 aliphatic heterocycles. The van der Waals surface area contributed by atoms with Crippen LogP contribution < -0.4 is 0 Å². The highest BCUT2D eigenvalue weighted by molar-refractivity contribution is 5.75. The van der Waals surface area contributed by atoms with Crippen LogP contribution >= 0.6 is 0 Å². The number of ether oxygens (including phenoxy) is 1. The van der Waals surface area contributed by atoms with Crippen molar-refractivity contribution in [2.24, 2.45) is 11.8 Å². The third-order valence-corrected chi connectivity index (χ3v) is 4.44. The van der Waals surface area contributed by atoms with Gasteiger partial charge in [-0.3, -0.25) is 4.79 Å². The summed E-state index contributed by atoms with van der Waals surface area (Å²) >= 11 is 0. The van der Waals surface area contributed by atoms with Gasteiger partial charge in [0.15, 0.2) is 0 Å². The Morgan fingerprint density at radius 3 is 2.10 bits per heavy atom. The van der Waals surface area contributed by atoms with Crippen molar-refractivity contribution >= 4 is 5.91 Å². The molecule has 0 spiro atoms. The van der Waals surface area contributed by atoms with E-state index in [0.29, 0.717) is 12.3 Å². The number of hydrogen-bond donors (Lipinski definition) is 0. The van der Waals surface area contributed by atoms with Gasteiger partial charge in [0.1, 0.15) is 0 Å². The van der Waals surface area contributed by atoms with Crippen molar-refractivity contribution in [2.75, 3.05) is 21.2 Å². The monoisotopic (exact) mass is 299 g/mol. The van der Waals surface area contributed by atoms with E-state index in [-0.39, 0.29) is 11.5 Å². The minimum Gasteiger partial charge on any atom is -0.379 e. The summed E-state index contributed by atoms with van der Waals surface area (Å²) in [5.41, 5.74) is 0.0147. The lowest BCUT2D eigenvalue weighted by Crippen LogP contribution is -2.23. The van der Waals surface area contributed by atoms with E-state index in [1.165, 1.54) is 25.7 Å². The van der Waals surface area contributed by atoms with Crippen LogP contribution in [0.4, 0.5) is 0 Å². The van der Waals surface area contributed by atoms with E-state index in [1.807, 2.05) is 14.1 Å². The van der Waals surface area contributed by atoms with Crippen LogP contribution in [0.1, 0.15) is 72.6 Å². The van der Waals surface area contributed by atoms with Gasteiger partial charge in [-0.05, 0) is 32.1 Å². The Bertz CT molecular complexity index is 287. The maximum absolute atomic E-state index is 11.6. The normalized spacial score (nSPS) is 14.8. The van der Waals surface area contributed by atoms with Crippen LogP contribution in [-0.2, 0) is 9.53 Å². The molecule has 0 aromatic carbocycles. The zero-order valence-electron chi connectivity index (χ0n) is 15.4. The zero-order chi connectivity index (χ0) is 16.5. The van der Waals surface area contributed by atoms with Crippen LogP contribution in [0.15, 0.2) is 0 Å². The van der Waals surface area contributed by atoms with Crippen LogP contribution in [0.5, 0.6) is 0 Å². The van der Waals surface area contributed by atoms with Crippen LogP contribution in [-0.4, -0.2) is 37.6 Å². The standard InChI is InChI=1S/C18H37NO2/c1-15(12-9-13-18(3,4)21-7)10-8-11-16(2)14-17(20)19(5)6/h15-16H,8-14H2,1-7H3. The summed E-state index contributed by atoms with van der Waals surface area (Å²) in [7, 11) is 5.46. The third-order valence-electron chi connectivity index (χ3n) is 4.44. The van der Waals surface area contributed by atoms with Crippen molar-refractivity contribution in [1.29, 1.82) is 0 Å². The van der Waals surface area contributed by atoms with Crippen LogP contribution in [0.25, 0.3) is 0 Å². The van der Waals surface area contributed by atoms with Crippen LogP contribution in [0.3, 0.4) is 0 Å². The van der Waals surface area contributed by atoms with Crippen LogP contribution in [0.2, 0.25) is 0 Å². The average Bonchev–Trinajstić information content (AvgIpc) is 2.38. The van der Waals surface area contributed by atoms with Crippen molar-refractivity contribution < 1.29 is 9.53 Å². The third kappa shape index (κ3) is 10.8. The van der Waals surface area contributed by atoms with E-state index in [0.717, 1.165) is 18.8 Å². The van der Waals surface area contributed by atoms with Crippen molar-refractivity contribution in [1.82, 2.24) is 4.90 Å². The molecular formula is C18H37NO2. The molecule has 0 aromatic heterocycles. The second-order valence-corrected chi connectivity index (χ2v) is 7.49. The summed E-state index contributed by atoms with van der Waals surface area (Å²) in [6.45, 7) is 8.84. The summed E-state index contributed by atoms with van der Waals surface area (Å²) in [5.74, 6) is 1.52. The maximum Gasteiger partial charge on any atom is 0.222 e. The lowest BCUT2D eigenvalue weighted by atomic mass is 9.91. The minimum atomic E-state index is 0.0147. The maximum atomic E-state index is 11.6. The number of methoxy groups -OCH3 is 1. The predicted molar refractivity (Wildman–Crippen MR) is 90.4 cm³/mol. The first-order chi connectivity index (χ1) is 9.68. The van der Waals surface area contributed by atoms with E-state index < -0.39 is 0 Å². The second-order valence-electron chi connectivity index (χ2n) is 7.49. The molecule has 2 atom stereocenters. The highest BCUT2D eigenvalue weighted by Gasteiger charge is 2.16. The molecule has 0 aliphatic carbocycles. The molecule has 0 rings (SSSR count). The molecule has 0 heterocycles. The Morgan fingerprint density at radius 1 is 1.05 bits per heavy atom. The fraction of sp³-hybridized carbons (Fsp3) is 0.944. The SMILES string of the molecule is COC(C)(C)CCCC(C)CCCC(C)CC(=O)N(C)C. The molecule has 0 N–H and O–H groups in total. The molecule has 1 amide bonds. The molecule has 0 saturated heterocycles. The number of carbonyl (C=O) groups excluding carboxylic acids is 1. The molecular weight excluding hydrogens is 262 g/mol. The quantitative estimate of drug-likeness (QED) is 0.562. The first kappa shape index (κ1) is 20.4. The van der Waals surface area contributed by atoms with E-state index in [1.54, 1.807) is 12.0 Å². The number of carbonyl (C=O) groups is 1. The number of amides is 1. The van der Waals surface area contributed by atoms with Crippen molar-refractivity contribution in [3.63, 3.8) is 0 Å². The predicted octanol–water partition coefficient (Wildman–Crippen LogP) is 4.50. The molecule has 0 radical (unpaired) electrons. The highest BCUT2D eigenvalue weighted by Crippen LogP contribution is 2.22. The lowest BCUT2D eigenvalue weighted by molar-refractivity contribution is -0.129. The molecule has 0 aliphatic rings. The molecule has 2 unspecified atom stereocenters. The topological polar surface area (TPSA) is 29.5 Å². The van der Waals surface area contributed by atoms with Gasteiger partial charge in [0.25, 0.3) is 0 Å². The van der Waals surface area contributed by atoms with Gasteiger partial charge in [0, 0.05) is 27.6 Å². The number of hydrogen-bond acceptors (Lipinski definition) is 2. The molecule has 0 bridgehead atoms. The van der Waals surface area contributed by atoms with E-state index in [4.69, 9.17) is 4.74 Å². The Balaban J connectivity index is 3.70. The molecule has 21 heavy (non-hydrogen) atoms. The molecule has 126 valence electrons. The highest BCUT2D eigenvalue weighted by atomic mass is 16.5. The van der Waals surface area contributed by atoms with E-state index in [2.05, 4.69) is 27.7 Å². The summed E-state index contributed by atoms with van der Waals surface area (Å²) in [5, 5.41) is 0. The van der Waals surface area contributed by atoms with Gasteiger partial charge in [-0.15, -0.1) is 0 Å². The molecule has 0 aromatic rings. The van der Waals surface area contributed by atoms with Gasteiger partial charge in [-0.1, -0.05) is 46.0 Å². The van der Waals surface area contributed by atoms with E-state index in [9.17, 15) is 4.79 Å². The molecule has 0 saturated carbocycles. The summed E-state index contributed by atoms with van der Waals surface area (Å²) in [4.78, 5) is 13.3. The van der Waals surface area contributed by atoms with Gasteiger partial charge in [0.2, 0.25) is 5.91 Å². The number of rotatable bonds is 11. The number of nitrogens with zero attached hydrogens (tertiary/aromatic N) is 1. The van der Waals surface area contributed by atoms with Gasteiger partial charge in [-0.2, -0.15) is 0 Å². The average molecular weight is 299 g/mol. The molecule has 3 heteroatoms. The summed E-state index contributed by atoms with van der Waals surface area (Å²) in [6.07, 6.45) is 7.98. The summed E-state index contributed by atoms with van der Waals surface area (Å²) in [6, 6.07) is 0. The summed E-state index contributed by atoms with van der Waals surface area (Å²) < 4.78 is 5.45. The Morgan fingerprint density at radius 2 is 1.57 bits per heavy atom. The smallest absolute Gasteiger partial charge is 0.222 e. The first-order valence-corrected chi connectivity index (χ1v) is 8.43. The van der Waals surface area contributed by atoms with Gasteiger partial charge < -0.3 is 9.64 Å². The fourth-order valence-corrected chi connectivity index (χ4v) is 2.52. The second kappa shape index (κ2) is 10.2. The van der Waals surface area contributed by atoms with Crippen molar-refractivity contribution in [3.8, 4) is 0 Å². The Labute approximate surface area is 132 Å². The van der Waals surface area contributed by atoms with Crippen LogP contribution in [0, 0.1) is 11.8 Å². The molecule has 0 fully saturated rings. The Kier molecular flexibility index (Phi) is 9.93.